The molecule has 10 heteroatoms. The predicted molar refractivity (Wildman–Crippen MR) is 86.0 cm³/mol. The zero-order chi connectivity index (χ0) is 17.5. The lowest BCUT2D eigenvalue weighted by Crippen LogP contribution is -2.18. The molecule has 1 N–H and O–H groups in total. The highest BCUT2D eigenvalue weighted by Crippen LogP contribution is 2.46. The van der Waals surface area contributed by atoms with Gasteiger partial charge in [0.15, 0.2) is 11.5 Å². The Morgan fingerprint density at radius 2 is 2.12 bits per heavy atom. The molecule has 2 aromatic heterocycles. The Morgan fingerprint density at radius 1 is 1.38 bits per heavy atom. The number of aromatic nitrogens is 4. The second kappa shape index (κ2) is 6.22. The summed E-state index contributed by atoms with van der Waals surface area (Å²) in [4.78, 5) is 20.6. The van der Waals surface area contributed by atoms with E-state index in [0.717, 1.165) is 11.8 Å². The summed E-state index contributed by atoms with van der Waals surface area (Å²) in [6.07, 6.45) is -2.34. The normalized spacial score (nSPS) is 19.9. The number of carbonyl (C=O) groups is 1. The lowest BCUT2D eigenvalue weighted by Gasteiger charge is -2.09. The van der Waals surface area contributed by atoms with E-state index < -0.39 is 11.9 Å². The molecule has 3 rings (SSSR count). The van der Waals surface area contributed by atoms with Crippen LogP contribution in [0.2, 0.25) is 0 Å². The van der Waals surface area contributed by atoms with Gasteiger partial charge in [-0.3, -0.25) is 4.79 Å². The number of hydrogen-bond donors (Lipinski definition) is 1. The third-order valence-electron chi connectivity index (χ3n) is 3.54. The van der Waals surface area contributed by atoms with Crippen LogP contribution >= 0.6 is 22.6 Å². The molecule has 2 atom stereocenters. The Morgan fingerprint density at radius 3 is 2.75 bits per heavy atom. The van der Waals surface area contributed by atoms with E-state index in [4.69, 9.17) is 0 Å². The summed E-state index contributed by atoms with van der Waals surface area (Å²) in [5.74, 6) is -0.119. The molecule has 2 heterocycles. The third-order valence-corrected chi connectivity index (χ3v) is 4.36. The Bertz CT molecular complexity index is 798. The highest BCUT2D eigenvalue weighted by atomic mass is 127. The molecular formula is C14H11F3IN5O. The smallest absolute Gasteiger partial charge is 0.309 e. The molecule has 126 valence electrons. The first-order chi connectivity index (χ1) is 11.3. The van der Waals surface area contributed by atoms with Crippen molar-refractivity contribution < 1.29 is 18.0 Å². The highest BCUT2D eigenvalue weighted by molar-refractivity contribution is 14.1. The summed E-state index contributed by atoms with van der Waals surface area (Å²) < 4.78 is 37.8. The first kappa shape index (κ1) is 17.0. The monoisotopic (exact) mass is 449 g/mol. The molecule has 0 aliphatic heterocycles. The van der Waals surface area contributed by atoms with Crippen molar-refractivity contribution in [3.8, 4) is 0 Å². The van der Waals surface area contributed by atoms with Gasteiger partial charge in [0.1, 0.15) is 5.82 Å². The molecule has 1 aliphatic rings. The van der Waals surface area contributed by atoms with E-state index >= 15 is 0 Å². The van der Waals surface area contributed by atoms with E-state index in [1.165, 1.54) is 22.6 Å². The Balaban J connectivity index is 1.67. The van der Waals surface area contributed by atoms with Crippen LogP contribution < -0.4 is 5.32 Å². The van der Waals surface area contributed by atoms with Crippen molar-refractivity contribution in [3.63, 3.8) is 0 Å². The van der Waals surface area contributed by atoms with Crippen LogP contribution in [0.15, 0.2) is 18.3 Å². The maximum absolute atomic E-state index is 12.6. The number of nitrogens with zero attached hydrogens (tertiary/aromatic N) is 4. The molecule has 1 fully saturated rings. The number of hydrogen-bond acceptors (Lipinski definition) is 5. The third kappa shape index (κ3) is 3.62. The minimum absolute atomic E-state index is 0.00629. The van der Waals surface area contributed by atoms with Crippen LogP contribution in [0.3, 0.4) is 0 Å². The van der Waals surface area contributed by atoms with Gasteiger partial charge < -0.3 is 5.32 Å². The molecule has 1 amide bonds. The molecule has 0 saturated heterocycles. The van der Waals surface area contributed by atoms with Crippen molar-refractivity contribution in [2.75, 3.05) is 5.32 Å². The van der Waals surface area contributed by atoms with Gasteiger partial charge in [0.25, 0.3) is 0 Å². The van der Waals surface area contributed by atoms with Crippen LogP contribution in [0, 0.1) is 16.4 Å². The summed E-state index contributed by atoms with van der Waals surface area (Å²) in [6, 6.07) is 2.91. The van der Waals surface area contributed by atoms with Crippen LogP contribution in [-0.2, 0) is 11.0 Å². The van der Waals surface area contributed by atoms with E-state index in [2.05, 4.69) is 25.5 Å². The molecule has 0 spiro atoms. The van der Waals surface area contributed by atoms with Crippen molar-refractivity contribution in [1.82, 2.24) is 20.2 Å². The number of nitrogens with one attached hydrogen (secondary N) is 1. The van der Waals surface area contributed by atoms with Crippen molar-refractivity contribution in [2.24, 2.45) is 5.92 Å². The summed E-state index contributed by atoms with van der Waals surface area (Å²) >= 11 is 1.51. The van der Waals surface area contributed by atoms with Crippen molar-refractivity contribution in [2.45, 2.75) is 25.4 Å². The molecule has 0 bridgehead atoms. The summed E-state index contributed by atoms with van der Waals surface area (Å²) in [5.41, 5.74) is -0.257. The molecule has 6 nitrogen and oxygen atoms in total. The van der Waals surface area contributed by atoms with E-state index in [0.29, 0.717) is 12.2 Å². The fourth-order valence-corrected chi connectivity index (χ4v) is 2.97. The number of aryl methyl sites for hydroxylation is 1. The molecule has 2 aromatic rings. The van der Waals surface area contributed by atoms with Crippen molar-refractivity contribution in [3.05, 3.63) is 39.1 Å². The van der Waals surface area contributed by atoms with E-state index in [9.17, 15) is 18.0 Å². The van der Waals surface area contributed by atoms with Gasteiger partial charge in [-0.1, -0.05) is 0 Å². The Kier molecular flexibility index (Phi) is 4.40. The van der Waals surface area contributed by atoms with Crippen LogP contribution in [0.25, 0.3) is 0 Å². The average molecular weight is 449 g/mol. The molecule has 0 aromatic carbocycles. The van der Waals surface area contributed by atoms with Gasteiger partial charge in [-0.25, -0.2) is 9.97 Å². The minimum atomic E-state index is -4.57. The van der Waals surface area contributed by atoms with E-state index in [1.807, 2.05) is 6.92 Å². The fraction of sp³-hybridized carbons (Fsp3) is 0.357. The maximum Gasteiger partial charge on any atom is 0.436 e. The lowest BCUT2D eigenvalue weighted by molar-refractivity contribution is -0.142. The predicted octanol–water partition coefficient (Wildman–Crippen LogP) is 2.94. The van der Waals surface area contributed by atoms with Crippen molar-refractivity contribution >= 4 is 34.3 Å². The zero-order valence-corrected chi connectivity index (χ0v) is 14.5. The molecule has 1 unspecified atom stereocenters. The number of amides is 1. The minimum Gasteiger partial charge on any atom is -0.309 e. The van der Waals surface area contributed by atoms with Gasteiger partial charge >= 0.3 is 6.18 Å². The second-order valence-electron chi connectivity index (χ2n) is 5.42. The number of alkyl halides is 3. The largest absolute Gasteiger partial charge is 0.436 e. The van der Waals surface area contributed by atoms with Gasteiger partial charge in [-0.05, 0) is 48.1 Å². The highest BCUT2D eigenvalue weighted by Gasteiger charge is 2.46. The molecule has 24 heavy (non-hydrogen) atoms. The van der Waals surface area contributed by atoms with E-state index in [1.54, 1.807) is 12.3 Å². The number of rotatable bonds is 3. The standard InChI is InChI=1S/C14H11F3IN5O/c1-6-2-3-19-12(20-6)7-4-8(7)13(24)21-10-5-9(18)11(23-22-10)14(15,16)17/h2-3,5,7-8H,4H2,1H3,(H,21,22,24)/t7?,8-/m0/s1. The van der Waals surface area contributed by atoms with Gasteiger partial charge in [0, 0.05) is 27.3 Å². The summed E-state index contributed by atoms with van der Waals surface area (Å²) in [7, 11) is 0. The number of carbonyl (C=O) groups excluding carboxylic acids is 1. The van der Waals surface area contributed by atoms with Crippen LogP contribution in [0.5, 0.6) is 0 Å². The van der Waals surface area contributed by atoms with Crippen molar-refractivity contribution in [1.29, 1.82) is 0 Å². The zero-order valence-electron chi connectivity index (χ0n) is 12.3. The van der Waals surface area contributed by atoms with Gasteiger partial charge in [0.2, 0.25) is 5.91 Å². The Labute approximate surface area is 148 Å². The first-order valence-corrected chi connectivity index (χ1v) is 8.04. The fourth-order valence-electron chi connectivity index (χ4n) is 2.26. The quantitative estimate of drug-likeness (QED) is 0.730. The maximum atomic E-state index is 12.6. The summed E-state index contributed by atoms with van der Waals surface area (Å²) in [6.45, 7) is 1.84. The van der Waals surface area contributed by atoms with Crippen LogP contribution in [0.1, 0.15) is 29.6 Å². The van der Waals surface area contributed by atoms with Crippen LogP contribution in [-0.4, -0.2) is 26.1 Å². The first-order valence-electron chi connectivity index (χ1n) is 6.96. The molecular weight excluding hydrogens is 438 g/mol. The Hall–Kier alpha value is -1.85. The van der Waals surface area contributed by atoms with Gasteiger partial charge in [0.05, 0.1) is 0 Å². The molecule has 1 saturated carbocycles. The summed E-state index contributed by atoms with van der Waals surface area (Å²) in [5, 5.41) is 9.08. The average Bonchev–Trinajstić information content (AvgIpc) is 3.26. The van der Waals surface area contributed by atoms with E-state index in [-0.39, 0.29) is 27.1 Å². The lowest BCUT2D eigenvalue weighted by atomic mass is 10.2. The number of halogens is 4. The molecule has 1 aliphatic carbocycles. The topological polar surface area (TPSA) is 80.7 Å². The van der Waals surface area contributed by atoms with Gasteiger partial charge in [-0.15, -0.1) is 10.2 Å². The molecule has 0 radical (unpaired) electrons. The van der Waals surface area contributed by atoms with Crippen LogP contribution in [0.4, 0.5) is 19.0 Å². The second-order valence-corrected chi connectivity index (χ2v) is 6.58. The SMILES string of the molecule is Cc1ccnc(C2C[C@@H]2C(=O)Nc2cc(I)c(C(F)(F)F)nn2)n1. The number of anilines is 1. The van der Waals surface area contributed by atoms with Gasteiger partial charge in [-0.2, -0.15) is 13.2 Å².